The predicted octanol–water partition coefficient (Wildman–Crippen LogP) is -0.465. The Kier molecular flexibility index (Phi) is 6.10. The number of thiocarbonyl (C=S) groups is 1. The van der Waals surface area contributed by atoms with E-state index in [2.05, 4.69) is 23.7 Å². The summed E-state index contributed by atoms with van der Waals surface area (Å²) in [5.74, 6) is 5.47. The molecule has 1 saturated heterocycles. The number of rotatable bonds is 0. The smallest absolute Gasteiger partial charge is 0.160 e. The van der Waals surface area contributed by atoms with Gasteiger partial charge in [0.15, 0.2) is 5.11 Å². The van der Waals surface area contributed by atoms with Crippen molar-refractivity contribution < 1.29 is 0 Å². The van der Waals surface area contributed by atoms with Crippen molar-refractivity contribution in [2.24, 2.45) is 17.3 Å². The predicted molar refractivity (Wildman–Crippen MR) is 50.6 cm³/mol. The molecule has 0 bridgehead atoms. The Hall–Kier alpha value is -0.390. The van der Waals surface area contributed by atoms with E-state index in [0.717, 1.165) is 13.1 Å². The highest BCUT2D eigenvalue weighted by atomic mass is 32.1. The number of piperidine rings is 1. The average molecular weight is 176 g/mol. The molecule has 66 valence electrons. The van der Waals surface area contributed by atoms with E-state index in [4.69, 9.17) is 5.84 Å². The summed E-state index contributed by atoms with van der Waals surface area (Å²) in [7, 11) is 0. The van der Waals surface area contributed by atoms with Crippen LogP contribution >= 0.6 is 12.2 Å². The average Bonchev–Trinajstić information content (AvgIpc) is 1.87. The van der Waals surface area contributed by atoms with Crippen molar-refractivity contribution in [3.8, 4) is 0 Å². The normalized spacial score (nSPS) is 18.3. The lowest BCUT2D eigenvalue weighted by atomic mass is 10.2. The van der Waals surface area contributed by atoms with Crippen LogP contribution in [0.1, 0.15) is 19.3 Å². The highest BCUT2D eigenvalue weighted by Crippen LogP contribution is 2.03. The fraction of sp³-hybridized carbons (Fsp3) is 0.833. The van der Waals surface area contributed by atoms with Gasteiger partial charge in [-0.15, -0.1) is 0 Å². The van der Waals surface area contributed by atoms with Gasteiger partial charge >= 0.3 is 0 Å². The van der Waals surface area contributed by atoms with Gasteiger partial charge in [-0.05, 0) is 25.1 Å². The standard InChI is InChI=1S/C5H12N2.CH4N2S/c6-7-4-2-1-3-5-7;2-1(3)4/h1-6H2;(H4,2,3,4). The van der Waals surface area contributed by atoms with Gasteiger partial charge in [-0.3, -0.25) is 5.84 Å². The molecule has 0 unspecified atom stereocenters. The van der Waals surface area contributed by atoms with E-state index in [0.29, 0.717) is 0 Å². The first kappa shape index (κ1) is 10.6. The Bertz CT molecular complexity index is 107. The maximum absolute atomic E-state index is 5.47. The lowest BCUT2D eigenvalue weighted by Crippen LogP contribution is -2.35. The van der Waals surface area contributed by atoms with Crippen molar-refractivity contribution in [1.29, 1.82) is 0 Å². The molecule has 0 aromatic rings. The molecule has 0 saturated carbocycles. The zero-order valence-electron chi connectivity index (χ0n) is 6.62. The molecule has 1 aliphatic heterocycles. The summed E-state index contributed by atoms with van der Waals surface area (Å²) in [6.07, 6.45) is 3.95. The summed E-state index contributed by atoms with van der Waals surface area (Å²) in [6.45, 7) is 2.19. The first-order valence-electron chi connectivity index (χ1n) is 3.67. The lowest BCUT2D eigenvalue weighted by Gasteiger charge is -2.20. The summed E-state index contributed by atoms with van der Waals surface area (Å²) < 4.78 is 0. The first-order chi connectivity index (χ1) is 5.13. The van der Waals surface area contributed by atoms with Crippen LogP contribution in [0.3, 0.4) is 0 Å². The summed E-state index contributed by atoms with van der Waals surface area (Å²) in [4.78, 5) is 0. The summed E-state index contributed by atoms with van der Waals surface area (Å²) in [6, 6.07) is 0. The molecule has 0 amide bonds. The second kappa shape index (κ2) is 6.33. The van der Waals surface area contributed by atoms with Gasteiger partial charge in [0.05, 0.1) is 0 Å². The maximum Gasteiger partial charge on any atom is 0.160 e. The molecule has 4 nitrogen and oxygen atoms in total. The molecule has 1 fully saturated rings. The van der Waals surface area contributed by atoms with Crippen LogP contribution in [0.4, 0.5) is 0 Å². The van der Waals surface area contributed by atoms with Crippen LogP contribution in [0, 0.1) is 0 Å². The third-order valence-corrected chi connectivity index (χ3v) is 1.39. The van der Waals surface area contributed by atoms with Crippen molar-refractivity contribution in [3.63, 3.8) is 0 Å². The maximum atomic E-state index is 5.47. The molecule has 5 heteroatoms. The molecule has 0 aromatic carbocycles. The first-order valence-corrected chi connectivity index (χ1v) is 4.08. The lowest BCUT2D eigenvalue weighted by molar-refractivity contribution is 0.235. The molecule has 1 heterocycles. The van der Waals surface area contributed by atoms with Crippen LogP contribution in [-0.2, 0) is 0 Å². The van der Waals surface area contributed by atoms with Crippen LogP contribution < -0.4 is 17.3 Å². The number of nitrogens with zero attached hydrogens (tertiary/aromatic N) is 1. The minimum atomic E-state index is 0.000000000000000222. The molecule has 1 aliphatic rings. The molecular weight excluding hydrogens is 160 g/mol. The van der Waals surface area contributed by atoms with E-state index in [1.54, 1.807) is 0 Å². The molecule has 0 aromatic heterocycles. The van der Waals surface area contributed by atoms with Gasteiger partial charge in [0.1, 0.15) is 0 Å². The monoisotopic (exact) mass is 176 g/mol. The molecule has 0 atom stereocenters. The highest BCUT2D eigenvalue weighted by molar-refractivity contribution is 7.80. The van der Waals surface area contributed by atoms with E-state index in [1.807, 2.05) is 5.01 Å². The Morgan fingerprint density at radius 2 is 1.45 bits per heavy atom. The van der Waals surface area contributed by atoms with Crippen molar-refractivity contribution >= 4 is 17.3 Å². The second-order valence-electron chi connectivity index (χ2n) is 2.50. The molecule has 6 N–H and O–H groups in total. The van der Waals surface area contributed by atoms with Gasteiger partial charge in [0.2, 0.25) is 0 Å². The summed E-state index contributed by atoms with van der Waals surface area (Å²) in [5, 5.41) is 1.89. The zero-order valence-corrected chi connectivity index (χ0v) is 7.44. The molecule has 1 rings (SSSR count). The van der Waals surface area contributed by atoms with Gasteiger partial charge in [-0.2, -0.15) is 0 Å². The van der Waals surface area contributed by atoms with Crippen molar-refractivity contribution in [1.82, 2.24) is 5.01 Å². The van der Waals surface area contributed by atoms with Gasteiger partial charge in [0, 0.05) is 13.1 Å². The van der Waals surface area contributed by atoms with E-state index < -0.39 is 0 Å². The van der Waals surface area contributed by atoms with E-state index in [-0.39, 0.29) is 5.11 Å². The van der Waals surface area contributed by atoms with Crippen molar-refractivity contribution in [2.75, 3.05) is 13.1 Å². The van der Waals surface area contributed by atoms with Gasteiger partial charge < -0.3 is 11.5 Å². The topological polar surface area (TPSA) is 81.3 Å². The van der Waals surface area contributed by atoms with E-state index in [9.17, 15) is 0 Å². The summed E-state index contributed by atoms with van der Waals surface area (Å²) in [5.41, 5.74) is 9.24. The molecule has 0 spiro atoms. The van der Waals surface area contributed by atoms with E-state index >= 15 is 0 Å². The Morgan fingerprint density at radius 1 is 1.09 bits per heavy atom. The molecule has 11 heavy (non-hydrogen) atoms. The fourth-order valence-corrected chi connectivity index (χ4v) is 0.918. The van der Waals surface area contributed by atoms with E-state index in [1.165, 1.54) is 19.3 Å². The fourth-order valence-electron chi connectivity index (χ4n) is 0.918. The number of hydrogen-bond acceptors (Lipinski definition) is 3. The Morgan fingerprint density at radius 3 is 1.64 bits per heavy atom. The SMILES string of the molecule is NC(N)=S.NN1CCCCC1. The van der Waals surface area contributed by atoms with Crippen molar-refractivity contribution in [2.45, 2.75) is 19.3 Å². The van der Waals surface area contributed by atoms with Crippen LogP contribution in [0.15, 0.2) is 0 Å². The number of hydrazine groups is 1. The number of hydrogen-bond donors (Lipinski definition) is 3. The largest absolute Gasteiger partial charge is 0.377 e. The molecule has 0 radical (unpaired) electrons. The third-order valence-electron chi connectivity index (χ3n) is 1.39. The van der Waals surface area contributed by atoms with Crippen LogP contribution in [0.25, 0.3) is 0 Å². The Labute approximate surface area is 72.7 Å². The highest BCUT2D eigenvalue weighted by Gasteiger charge is 2.02. The quantitative estimate of drug-likeness (QED) is 0.343. The minimum Gasteiger partial charge on any atom is -0.377 e. The summed E-state index contributed by atoms with van der Waals surface area (Å²) >= 11 is 4.09. The minimum absolute atomic E-state index is 0.000000000000000222. The van der Waals surface area contributed by atoms with Gasteiger partial charge in [0.25, 0.3) is 0 Å². The Balaban J connectivity index is 0.000000218. The number of nitrogens with two attached hydrogens (primary N) is 3. The van der Waals surface area contributed by atoms with Crippen LogP contribution in [-0.4, -0.2) is 23.2 Å². The van der Waals surface area contributed by atoms with Gasteiger partial charge in [-0.1, -0.05) is 6.42 Å². The van der Waals surface area contributed by atoms with Crippen LogP contribution in [0.2, 0.25) is 0 Å². The third kappa shape index (κ3) is 9.61. The van der Waals surface area contributed by atoms with Crippen molar-refractivity contribution in [3.05, 3.63) is 0 Å². The second-order valence-corrected chi connectivity index (χ2v) is 2.97. The van der Waals surface area contributed by atoms with Gasteiger partial charge in [-0.25, -0.2) is 5.01 Å². The molecular formula is C6H16N4S. The zero-order chi connectivity index (χ0) is 8.69. The molecule has 0 aliphatic carbocycles. The van der Waals surface area contributed by atoms with Crippen LogP contribution in [0.5, 0.6) is 0 Å².